The smallest absolute Gasteiger partial charge is 0.227 e. The van der Waals surface area contributed by atoms with Gasteiger partial charge in [-0.25, -0.2) is 0 Å². The number of piperazine rings is 1. The number of para-hydroxylation sites is 1. The minimum atomic E-state index is -0.00882. The van der Waals surface area contributed by atoms with Crippen molar-refractivity contribution in [1.82, 2.24) is 9.80 Å². The van der Waals surface area contributed by atoms with E-state index < -0.39 is 0 Å². The zero-order chi connectivity index (χ0) is 22.6. The average molecular weight is 504 g/mol. The standard InChI is InChI=1S/C28H30BrN3O/c29-24-13-11-22(12-14-24)28-26-10-5-4-7-23(26)21-27(33)32(28)16-6-15-30-17-19-31(20-18-30)25-8-2-1-3-9-25/h1-5,7-14,28H,6,15-21H2. The summed E-state index contributed by atoms with van der Waals surface area (Å²) in [5, 5.41) is 0. The maximum Gasteiger partial charge on any atom is 0.227 e. The third kappa shape index (κ3) is 4.99. The fraction of sp³-hybridized carbons (Fsp3) is 0.321. The predicted molar refractivity (Wildman–Crippen MR) is 138 cm³/mol. The SMILES string of the molecule is O=C1Cc2ccccc2C(c2ccc(Br)cc2)N1CCCN1CCN(c2ccccc2)CC1. The molecule has 5 rings (SSSR count). The Morgan fingerprint density at radius 2 is 1.48 bits per heavy atom. The summed E-state index contributed by atoms with van der Waals surface area (Å²) < 4.78 is 1.06. The molecule has 0 aliphatic carbocycles. The molecule has 1 fully saturated rings. The lowest BCUT2D eigenvalue weighted by Crippen LogP contribution is -2.47. The Labute approximate surface area is 204 Å². The van der Waals surface area contributed by atoms with Crippen LogP contribution in [0.15, 0.2) is 83.3 Å². The molecule has 0 spiro atoms. The summed E-state index contributed by atoms with van der Waals surface area (Å²) in [6.45, 7) is 6.07. The Bertz CT molecular complexity index is 1080. The van der Waals surface area contributed by atoms with Crippen molar-refractivity contribution in [3.63, 3.8) is 0 Å². The fourth-order valence-corrected chi connectivity index (χ4v) is 5.39. The molecule has 1 atom stereocenters. The second-order valence-corrected chi connectivity index (χ2v) is 9.85. The molecule has 33 heavy (non-hydrogen) atoms. The van der Waals surface area contributed by atoms with Crippen LogP contribution in [0.5, 0.6) is 0 Å². The van der Waals surface area contributed by atoms with E-state index in [9.17, 15) is 4.79 Å². The lowest BCUT2D eigenvalue weighted by Gasteiger charge is -2.39. The van der Waals surface area contributed by atoms with Crippen LogP contribution in [0.3, 0.4) is 0 Å². The molecular weight excluding hydrogens is 474 g/mol. The Morgan fingerprint density at radius 3 is 2.24 bits per heavy atom. The van der Waals surface area contributed by atoms with Gasteiger partial charge >= 0.3 is 0 Å². The summed E-state index contributed by atoms with van der Waals surface area (Å²) in [6, 6.07) is 27.5. The highest BCUT2D eigenvalue weighted by molar-refractivity contribution is 9.10. The highest BCUT2D eigenvalue weighted by Crippen LogP contribution is 2.36. The molecule has 2 heterocycles. The van der Waals surface area contributed by atoms with Gasteiger partial charge in [-0.2, -0.15) is 0 Å². The number of amides is 1. The minimum Gasteiger partial charge on any atom is -0.369 e. The van der Waals surface area contributed by atoms with Gasteiger partial charge in [0.05, 0.1) is 12.5 Å². The number of anilines is 1. The normalized spacial score (nSPS) is 18.9. The van der Waals surface area contributed by atoms with Crippen LogP contribution < -0.4 is 4.90 Å². The first-order valence-corrected chi connectivity index (χ1v) is 12.6. The highest BCUT2D eigenvalue weighted by Gasteiger charge is 2.33. The van der Waals surface area contributed by atoms with Crippen LogP contribution >= 0.6 is 15.9 Å². The molecule has 170 valence electrons. The molecule has 1 amide bonds. The molecule has 0 N–H and O–H groups in total. The second kappa shape index (κ2) is 10.1. The van der Waals surface area contributed by atoms with E-state index >= 15 is 0 Å². The molecular formula is C28H30BrN3O. The summed E-state index contributed by atoms with van der Waals surface area (Å²) in [6.07, 6.45) is 1.49. The van der Waals surface area contributed by atoms with E-state index in [1.165, 1.54) is 16.8 Å². The summed E-state index contributed by atoms with van der Waals surface area (Å²) in [5.41, 5.74) is 4.90. The first-order chi connectivity index (χ1) is 16.2. The lowest BCUT2D eigenvalue weighted by atomic mass is 9.87. The van der Waals surface area contributed by atoms with Crippen LogP contribution in [0, 0.1) is 0 Å². The van der Waals surface area contributed by atoms with Crippen molar-refractivity contribution in [3.8, 4) is 0 Å². The molecule has 1 saturated heterocycles. The molecule has 0 bridgehead atoms. The van der Waals surface area contributed by atoms with E-state index in [2.05, 4.69) is 103 Å². The van der Waals surface area contributed by atoms with E-state index in [1.807, 2.05) is 6.07 Å². The molecule has 2 aliphatic heterocycles. The van der Waals surface area contributed by atoms with Gasteiger partial charge in [0, 0.05) is 42.9 Å². The molecule has 0 aromatic heterocycles. The number of halogens is 1. The number of fused-ring (bicyclic) bond motifs is 1. The minimum absolute atomic E-state index is 0.00882. The lowest BCUT2D eigenvalue weighted by molar-refractivity contribution is -0.133. The van der Waals surface area contributed by atoms with Crippen molar-refractivity contribution < 1.29 is 4.79 Å². The van der Waals surface area contributed by atoms with Crippen molar-refractivity contribution in [3.05, 3.63) is 100 Å². The van der Waals surface area contributed by atoms with Crippen molar-refractivity contribution in [2.45, 2.75) is 18.9 Å². The van der Waals surface area contributed by atoms with Crippen LogP contribution in [-0.2, 0) is 11.2 Å². The Hall–Kier alpha value is -2.63. The average Bonchev–Trinajstić information content (AvgIpc) is 2.86. The Kier molecular flexibility index (Phi) is 6.79. The molecule has 3 aromatic rings. The van der Waals surface area contributed by atoms with Gasteiger partial charge in [0.2, 0.25) is 5.91 Å². The van der Waals surface area contributed by atoms with Gasteiger partial charge in [-0.15, -0.1) is 0 Å². The molecule has 5 heteroatoms. The third-order valence-corrected chi connectivity index (χ3v) is 7.40. The van der Waals surface area contributed by atoms with E-state index in [-0.39, 0.29) is 11.9 Å². The predicted octanol–water partition coefficient (Wildman–Crippen LogP) is 5.14. The summed E-state index contributed by atoms with van der Waals surface area (Å²) in [7, 11) is 0. The number of hydrogen-bond donors (Lipinski definition) is 0. The number of carbonyl (C=O) groups excluding carboxylic acids is 1. The van der Waals surface area contributed by atoms with Crippen LogP contribution in [0.2, 0.25) is 0 Å². The van der Waals surface area contributed by atoms with E-state index in [0.29, 0.717) is 6.42 Å². The topological polar surface area (TPSA) is 26.8 Å². The maximum atomic E-state index is 13.2. The third-order valence-electron chi connectivity index (χ3n) is 6.88. The van der Waals surface area contributed by atoms with E-state index in [4.69, 9.17) is 0 Å². The monoisotopic (exact) mass is 503 g/mol. The molecule has 2 aliphatic rings. The number of nitrogens with zero attached hydrogens (tertiary/aromatic N) is 3. The number of rotatable bonds is 6. The van der Waals surface area contributed by atoms with Crippen molar-refractivity contribution in [2.75, 3.05) is 44.2 Å². The van der Waals surface area contributed by atoms with Crippen LogP contribution in [0.1, 0.15) is 29.2 Å². The van der Waals surface area contributed by atoms with Crippen LogP contribution in [0.25, 0.3) is 0 Å². The molecule has 0 radical (unpaired) electrons. The summed E-state index contributed by atoms with van der Waals surface area (Å²) in [4.78, 5) is 20.3. The molecule has 4 nitrogen and oxygen atoms in total. The molecule has 3 aromatic carbocycles. The van der Waals surface area contributed by atoms with Gasteiger partial charge < -0.3 is 9.80 Å². The second-order valence-electron chi connectivity index (χ2n) is 8.93. The van der Waals surface area contributed by atoms with Crippen molar-refractivity contribution in [2.24, 2.45) is 0 Å². The largest absolute Gasteiger partial charge is 0.369 e. The van der Waals surface area contributed by atoms with Gasteiger partial charge in [0.15, 0.2) is 0 Å². The van der Waals surface area contributed by atoms with E-state index in [0.717, 1.165) is 55.7 Å². The number of hydrogen-bond acceptors (Lipinski definition) is 3. The maximum absolute atomic E-state index is 13.2. The van der Waals surface area contributed by atoms with E-state index in [1.54, 1.807) is 0 Å². The zero-order valence-electron chi connectivity index (χ0n) is 18.9. The zero-order valence-corrected chi connectivity index (χ0v) is 20.5. The highest BCUT2D eigenvalue weighted by atomic mass is 79.9. The molecule has 0 saturated carbocycles. The van der Waals surface area contributed by atoms with Crippen LogP contribution in [-0.4, -0.2) is 55.0 Å². The van der Waals surface area contributed by atoms with Crippen molar-refractivity contribution in [1.29, 1.82) is 0 Å². The number of carbonyl (C=O) groups is 1. The first-order valence-electron chi connectivity index (χ1n) is 11.8. The van der Waals surface area contributed by atoms with Gasteiger partial charge in [0.1, 0.15) is 0 Å². The quantitative estimate of drug-likeness (QED) is 0.466. The van der Waals surface area contributed by atoms with Gasteiger partial charge in [0.25, 0.3) is 0 Å². The van der Waals surface area contributed by atoms with Crippen molar-refractivity contribution >= 4 is 27.5 Å². The summed E-state index contributed by atoms with van der Waals surface area (Å²) >= 11 is 3.54. The summed E-state index contributed by atoms with van der Waals surface area (Å²) in [5.74, 6) is 0.232. The molecule has 1 unspecified atom stereocenters. The first kappa shape index (κ1) is 22.2. The van der Waals surface area contributed by atoms with Gasteiger partial charge in [-0.1, -0.05) is 70.5 Å². The van der Waals surface area contributed by atoms with Crippen LogP contribution in [0.4, 0.5) is 5.69 Å². The fourth-order valence-electron chi connectivity index (χ4n) is 5.13. The van der Waals surface area contributed by atoms with Gasteiger partial charge in [-0.05, 0) is 53.9 Å². The Balaban J connectivity index is 1.24. The Morgan fingerprint density at radius 1 is 0.788 bits per heavy atom. The number of benzene rings is 3. The van der Waals surface area contributed by atoms with Gasteiger partial charge in [-0.3, -0.25) is 9.69 Å².